The molecule has 2 rings (SSSR count). The minimum absolute atomic E-state index is 0.226. The number of hydrogen-bond donors (Lipinski definition) is 0. The number of nitrogens with zero attached hydrogens (tertiary/aromatic N) is 2. The molecule has 0 atom stereocenters. The fourth-order valence-electron chi connectivity index (χ4n) is 3.78. The van der Waals surface area contributed by atoms with E-state index in [0.29, 0.717) is 10.8 Å². The second-order valence-corrected chi connectivity index (χ2v) is 27.9. The van der Waals surface area contributed by atoms with Crippen molar-refractivity contribution in [3.63, 3.8) is 0 Å². The Labute approximate surface area is 197 Å². The van der Waals surface area contributed by atoms with Crippen LogP contribution in [0.5, 0.6) is 0 Å². The average Bonchev–Trinajstić information content (AvgIpc) is 3.13. The van der Waals surface area contributed by atoms with Gasteiger partial charge in [0.1, 0.15) is 0 Å². The molecule has 2 nitrogen and oxygen atoms in total. The Morgan fingerprint density at radius 1 is 0.700 bits per heavy atom. The van der Waals surface area contributed by atoms with E-state index in [9.17, 15) is 0 Å². The van der Waals surface area contributed by atoms with Crippen molar-refractivity contribution < 1.29 is 20.4 Å². The average molecular weight is 508 g/mol. The van der Waals surface area contributed by atoms with E-state index in [1.807, 2.05) is 6.56 Å². The van der Waals surface area contributed by atoms with E-state index in [0.717, 1.165) is 0 Å². The smallest absolute Gasteiger partial charge is 0.162 e. The van der Waals surface area contributed by atoms with E-state index in [4.69, 9.17) is 0 Å². The second kappa shape index (κ2) is 12.9. The molecule has 30 heavy (non-hydrogen) atoms. The Hall–Kier alpha value is -0.0200. The summed E-state index contributed by atoms with van der Waals surface area (Å²) in [6.45, 7) is 24.2. The summed E-state index contributed by atoms with van der Waals surface area (Å²) >= 11 is -1.69. The number of allylic oxidation sites excluding steroid dienone is 8. The van der Waals surface area contributed by atoms with Crippen LogP contribution in [0.25, 0.3) is 10.6 Å². The Morgan fingerprint density at radius 3 is 1.13 bits per heavy atom. The van der Waals surface area contributed by atoms with Crippen molar-refractivity contribution >= 4 is 5.43 Å². The molecule has 4 heteroatoms. The summed E-state index contributed by atoms with van der Waals surface area (Å²) < 4.78 is 3.83. The Bertz CT molecular complexity index is 689. The molecule has 0 aliphatic heterocycles. The van der Waals surface area contributed by atoms with Gasteiger partial charge in [-0.2, -0.15) is 28.2 Å². The van der Waals surface area contributed by atoms with Crippen molar-refractivity contribution in [2.45, 2.75) is 81.3 Å². The fourth-order valence-corrected chi connectivity index (χ4v) is 22.3. The van der Waals surface area contributed by atoms with Crippen molar-refractivity contribution in [2.24, 2.45) is 10.8 Å². The first-order chi connectivity index (χ1) is 13.6. The Balaban J connectivity index is 0.00000125. The van der Waals surface area contributed by atoms with E-state index >= 15 is 0 Å². The molecule has 0 saturated carbocycles. The van der Waals surface area contributed by atoms with Gasteiger partial charge in [0.15, 0.2) is 0 Å². The van der Waals surface area contributed by atoms with Crippen LogP contribution in [0.15, 0.2) is 41.0 Å². The van der Waals surface area contributed by atoms with Gasteiger partial charge >= 0.3 is 159 Å². The van der Waals surface area contributed by atoms with E-state index in [-0.39, 0.29) is 5.43 Å². The zero-order valence-electron chi connectivity index (χ0n) is 22.5. The molecule has 0 fully saturated rings. The SMILES string of the molecule is CC1=[C]([Zr+2]([C]2=C(C)C=C(C(C)(C)C)C2)=[Si](C)C)CC(C(C)(C)C)=C1.C[N-]C.C[N-]C. The first kappa shape index (κ1) is 30.0. The van der Waals surface area contributed by atoms with Crippen LogP contribution < -0.4 is 0 Å². The van der Waals surface area contributed by atoms with Crippen LogP contribution >= 0.6 is 0 Å². The molecule has 0 radical (unpaired) electrons. The molecule has 0 aromatic carbocycles. The largest absolute Gasteiger partial charge is 0.668 e. The predicted molar refractivity (Wildman–Crippen MR) is 138 cm³/mol. The molecule has 0 amide bonds. The fraction of sp³-hybridized carbons (Fsp3) is 0.692. The van der Waals surface area contributed by atoms with Crippen molar-refractivity contribution in [2.75, 3.05) is 28.2 Å². The molecule has 2 aliphatic rings. The number of hydrogen-bond acceptors (Lipinski definition) is 0. The molecule has 0 bridgehead atoms. The minimum atomic E-state index is -1.69. The summed E-state index contributed by atoms with van der Waals surface area (Å²) in [7, 11) is 7.00. The monoisotopic (exact) mass is 506 g/mol. The van der Waals surface area contributed by atoms with Crippen molar-refractivity contribution in [1.29, 1.82) is 0 Å². The van der Waals surface area contributed by atoms with Gasteiger partial charge in [0, 0.05) is 0 Å². The molecule has 0 N–H and O–H groups in total. The van der Waals surface area contributed by atoms with E-state index < -0.39 is 20.4 Å². The van der Waals surface area contributed by atoms with Crippen LogP contribution in [0.3, 0.4) is 0 Å². The van der Waals surface area contributed by atoms with Crippen molar-refractivity contribution in [3.05, 3.63) is 51.6 Å². The molecule has 0 aromatic rings. The number of rotatable bonds is 2. The van der Waals surface area contributed by atoms with E-state index in [1.54, 1.807) is 50.5 Å². The standard InChI is InChI=1S/2C10H15.2C2H6N.C2H6Si.Zr/c2*1-8-5-6-9(7-8)10(2,3)4;3*1-3-2;/h2*7H,6H2,1-4H3;3*1-2H3;/q;;2*-1;;+2. The van der Waals surface area contributed by atoms with Gasteiger partial charge in [-0.1, -0.05) is 0 Å². The molecule has 0 saturated heterocycles. The summed E-state index contributed by atoms with van der Waals surface area (Å²) in [5.41, 5.74) is 7.00. The van der Waals surface area contributed by atoms with Gasteiger partial charge in [0.2, 0.25) is 0 Å². The van der Waals surface area contributed by atoms with Crippen LogP contribution in [0.2, 0.25) is 13.1 Å². The molecule has 170 valence electrons. The van der Waals surface area contributed by atoms with Gasteiger partial charge in [-0.25, -0.2) is 0 Å². The molecule has 2 aliphatic carbocycles. The third-order valence-corrected chi connectivity index (χ3v) is 23.2. The molecular weight excluding hydrogens is 460 g/mol. The van der Waals surface area contributed by atoms with Crippen LogP contribution in [-0.4, -0.2) is 33.6 Å². The van der Waals surface area contributed by atoms with Gasteiger partial charge in [0.05, 0.1) is 0 Å². The zero-order chi connectivity index (χ0) is 23.9. The summed E-state index contributed by atoms with van der Waals surface area (Å²) in [5.74, 6) is 0. The normalized spacial score (nSPS) is 16.2. The van der Waals surface area contributed by atoms with E-state index in [2.05, 4.69) is 91.3 Å². The van der Waals surface area contributed by atoms with Gasteiger partial charge in [-0.15, -0.1) is 0 Å². The van der Waals surface area contributed by atoms with Gasteiger partial charge in [-0.3, -0.25) is 0 Å². The Kier molecular flexibility index (Phi) is 12.9. The molecule has 0 spiro atoms. The maximum atomic E-state index is 3.50. The third kappa shape index (κ3) is 8.85. The first-order valence-electron chi connectivity index (χ1n) is 11.1. The van der Waals surface area contributed by atoms with Crippen molar-refractivity contribution in [3.8, 4) is 0 Å². The van der Waals surface area contributed by atoms with Crippen LogP contribution in [0, 0.1) is 10.8 Å². The van der Waals surface area contributed by atoms with Gasteiger partial charge < -0.3 is 10.6 Å². The Morgan fingerprint density at radius 2 is 0.967 bits per heavy atom. The minimum Gasteiger partial charge on any atom is -0.668 e. The summed E-state index contributed by atoms with van der Waals surface area (Å²) in [6.07, 6.45) is 7.62. The predicted octanol–water partition coefficient (Wildman–Crippen LogP) is 8.40. The molecule has 0 unspecified atom stereocenters. The van der Waals surface area contributed by atoms with Crippen LogP contribution in [0.1, 0.15) is 68.2 Å². The first-order valence-corrected chi connectivity index (χ1v) is 19.8. The van der Waals surface area contributed by atoms with Crippen LogP contribution in [-0.2, 0) is 20.4 Å². The van der Waals surface area contributed by atoms with Crippen molar-refractivity contribution in [1.82, 2.24) is 0 Å². The summed E-state index contributed by atoms with van der Waals surface area (Å²) in [4.78, 5) is 0. The van der Waals surface area contributed by atoms with Gasteiger partial charge in [0.25, 0.3) is 0 Å². The van der Waals surface area contributed by atoms with E-state index in [1.165, 1.54) is 12.8 Å². The van der Waals surface area contributed by atoms with Gasteiger partial charge in [-0.05, 0) is 0 Å². The third-order valence-electron chi connectivity index (χ3n) is 5.50. The van der Waals surface area contributed by atoms with Crippen LogP contribution in [0.4, 0.5) is 0 Å². The maximum absolute atomic E-state index is 3.50. The second-order valence-electron chi connectivity index (χ2n) is 10.8. The summed E-state index contributed by atoms with van der Waals surface area (Å²) in [5, 5.41) is 7.00. The molecule has 0 heterocycles. The summed E-state index contributed by atoms with van der Waals surface area (Å²) in [6, 6.07) is 0. The zero-order valence-corrected chi connectivity index (χ0v) is 25.9. The maximum Gasteiger partial charge on any atom is -0.162 e. The molecule has 0 aromatic heterocycles. The topological polar surface area (TPSA) is 28.2 Å². The molecular formula is C26H48N2SiZr. The quantitative estimate of drug-likeness (QED) is 0.336.